The lowest BCUT2D eigenvalue weighted by atomic mass is 10.1. The Balaban J connectivity index is 2.11. The van der Waals surface area contributed by atoms with Crippen LogP contribution in [0.15, 0.2) is 35.2 Å². The molecule has 2 atom stereocenters. The largest absolute Gasteiger partial charge is 0.344 e. The highest BCUT2D eigenvalue weighted by Gasteiger charge is 2.38. The third-order valence-electron chi connectivity index (χ3n) is 2.76. The number of carbonyl (C=O) groups is 1. The van der Waals surface area contributed by atoms with Crippen molar-refractivity contribution in [1.82, 2.24) is 4.90 Å². The molecule has 16 heavy (non-hydrogen) atoms. The lowest BCUT2D eigenvalue weighted by molar-refractivity contribution is -0.126. The van der Waals surface area contributed by atoms with Gasteiger partial charge in [-0.15, -0.1) is 23.4 Å². The lowest BCUT2D eigenvalue weighted by Gasteiger charge is -2.13. The number of hydrogen-bond donors (Lipinski definition) is 0. The van der Waals surface area contributed by atoms with E-state index in [-0.39, 0.29) is 17.1 Å². The zero-order valence-corrected chi connectivity index (χ0v) is 10.7. The lowest BCUT2D eigenvalue weighted by Crippen LogP contribution is -2.24. The monoisotopic (exact) mass is 255 g/mol. The summed E-state index contributed by atoms with van der Waals surface area (Å²) < 4.78 is 0. The van der Waals surface area contributed by atoms with Gasteiger partial charge in [0, 0.05) is 30.3 Å². The Morgan fingerprint density at radius 1 is 1.44 bits per heavy atom. The van der Waals surface area contributed by atoms with E-state index in [0.29, 0.717) is 5.88 Å². The number of rotatable bonds is 3. The van der Waals surface area contributed by atoms with Crippen LogP contribution in [-0.4, -0.2) is 35.5 Å². The molecule has 0 radical (unpaired) electrons. The maximum Gasteiger partial charge on any atom is 0.236 e. The first-order chi connectivity index (χ1) is 7.72. The zero-order chi connectivity index (χ0) is 11.5. The molecule has 0 N–H and O–H groups in total. The van der Waals surface area contributed by atoms with Crippen molar-refractivity contribution in [1.29, 1.82) is 0 Å². The number of amides is 1. The zero-order valence-electron chi connectivity index (χ0n) is 9.10. The van der Waals surface area contributed by atoms with Gasteiger partial charge >= 0.3 is 0 Å². The van der Waals surface area contributed by atoms with Crippen LogP contribution in [0.3, 0.4) is 0 Å². The summed E-state index contributed by atoms with van der Waals surface area (Å²) in [6.45, 7) is 0.771. The Labute approximate surface area is 105 Å². The van der Waals surface area contributed by atoms with Gasteiger partial charge in [0.2, 0.25) is 5.91 Å². The number of nitrogens with zero attached hydrogens (tertiary/aromatic N) is 1. The summed E-state index contributed by atoms with van der Waals surface area (Å²) in [5, 5.41) is -0.0232. The van der Waals surface area contributed by atoms with Gasteiger partial charge in [0.25, 0.3) is 0 Å². The van der Waals surface area contributed by atoms with Crippen LogP contribution in [0.25, 0.3) is 0 Å². The van der Waals surface area contributed by atoms with E-state index in [1.165, 1.54) is 0 Å². The third kappa shape index (κ3) is 2.36. The molecule has 0 unspecified atom stereocenters. The smallest absolute Gasteiger partial charge is 0.236 e. The molecule has 4 heteroatoms. The van der Waals surface area contributed by atoms with Crippen LogP contribution < -0.4 is 0 Å². The minimum absolute atomic E-state index is 0.0232. The molecule has 1 aromatic rings. The number of thioether (sulfide) groups is 1. The van der Waals surface area contributed by atoms with E-state index in [0.717, 1.165) is 11.4 Å². The van der Waals surface area contributed by atoms with Crippen LogP contribution >= 0.6 is 23.4 Å². The van der Waals surface area contributed by atoms with Crippen molar-refractivity contribution in [2.24, 2.45) is 5.92 Å². The minimum Gasteiger partial charge on any atom is -0.344 e. The molecule has 0 bridgehead atoms. The quantitative estimate of drug-likeness (QED) is 0.774. The molecular formula is C12H14ClNOS. The predicted molar refractivity (Wildman–Crippen MR) is 67.9 cm³/mol. The highest BCUT2D eigenvalue weighted by molar-refractivity contribution is 8.00. The molecule has 2 nitrogen and oxygen atoms in total. The topological polar surface area (TPSA) is 20.3 Å². The fourth-order valence-electron chi connectivity index (χ4n) is 1.88. The van der Waals surface area contributed by atoms with Gasteiger partial charge in [0.05, 0.1) is 5.25 Å². The first-order valence-electron chi connectivity index (χ1n) is 5.25. The maximum absolute atomic E-state index is 11.9. The van der Waals surface area contributed by atoms with Crippen molar-refractivity contribution < 1.29 is 4.79 Å². The number of carbonyl (C=O) groups excluding carboxylic acids is 1. The molecule has 1 heterocycles. The van der Waals surface area contributed by atoms with Crippen molar-refractivity contribution in [2.75, 3.05) is 19.5 Å². The van der Waals surface area contributed by atoms with Crippen LogP contribution in [0.2, 0.25) is 0 Å². The Morgan fingerprint density at radius 2 is 2.12 bits per heavy atom. The number of hydrogen-bond acceptors (Lipinski definition) is 2. The standard InChI is InChI=1S/C12H14ClNOS/c1-14-8-9(7-13)11(12(14)15)16-10-5-3-2-4-6-10/h2-6,9,11H,7-8H2,1H3/t9-,11+/m1/s1. The number of likely N-dealkylation sites (tertiary alicyclic amines) is 1. The fraction of sp³-hybridized carbons (Fsp3) is 0.417. The molecule has 1 amide bonds. The molecular weight excluding hydrogens is 242 g/mol. The van der Waals surface area contributed by atoms with Gasteiger partial charge in [-0.1, -0.05) is 18.2 Å². The first-order valence-corrected chi connectivity index (χ1v) is 6.66. The molecule has 0 aromatic heterocycles. The van der Waals surface area contributed by atoms with Gasteiger partial charge in [-0.25, -0.2) is 0 Å². The normalized spacial score (nSPS) is 25.1. The van der Waals surface area contributed by atoms with Gasteiger partial charge in [-0.05, 0) is 12.1 Å². The van der Waals surface area contributed by atoms with Crippen LogP contribution in [0.4, 0.5) is 0 Å². The van der Waals surface area contributed by atoms with Gasteiger partial charge in [-0.2, -0.15) is 0 Å². The molecule has 0 saturated carbocycles. The number of alkyl halides is 1. The molecule has 86 valence electrons. The summed E-state index contributed by atoms with van der Waals surface area (Å²) in [4.78, 5) is 14.8. The highest BCUT2D eigenvalue weighted by atomic mass is 35.5. The summed E-state index contributed by atoms with van der Waals surface area (Å²) >= 11 is 7.53. The van der Waals surface area contributed by atoms with Crippen LogP contribution in [0.5, 0.6) is 0 Å². The van der Waals surface area contributed by atoms with E-state index in [1.54, 1.807) is 16.7 Å². The third-order valence-corrected chi connectivity index (χ3v) is 4.54. The van der Waals surface area contributed by atoms with Crippen molar-refractivity contribution in [2.45, 2.75) is 10.1 Å². The number of halogens is 1. The van der Waals surface area contributed by atoms with Gasteiger partial charge in [0.15, 0.2) is 0 Å². The van der Waals surface area contributed by atoms with E-state index < -0.39 is 0 Å². The van der Waals surface area contributed by atoms with E-state index >= 15 is 0 Å². The molecule has 1 aromatic carbocycles. The molecule has 1 aliphatic rings. The SMILES string of the molecule is CN1C[C@@H](CCl)[C@H](Sc2ccccc2)C1=O. The average molecular weight is 256 g/mol. The molecule has 0 aliphatic carbocycles. The average Bonchev–Trinajstić information content (AvgIpc) is 2.58. The summed E-state index contributed by atoms with van der Waals surface area (Å²) in [5.74, 6) is 0.990. The highest BCUT2D eigenvalue weighted by Crippen LogP contribution is 2.34. The van der Waals surface area contributed by atoms with E-state index in [2.05, 4.69) is 0 Å². The molecule has 1 aliphatic heterocycles. The predicted octanol–water partition coefficient (Wildman–Crippen LogP) is 2.47. The Bertz CT molecular complexity index is 371. The van der Waals surface area contributed by atoms with Crippen LogP contribution in [-0.2, 0) is 4.79 Å². The molecule has 1 saturated heterocycles. The minimum atomic E-state index is -0.0232. The van der Waals surface area contributed by atoms with Crippen molar-refractivity contribution >= 4 is 29.3 Å². The molecule has 0 spiro atoms. The summed E-state index contributed by atoms with van der Waals surface area (Å²) in [6, 6.07) is 10.0. The van der Waals surface area contributed by atoms with Crippen molar-refractivity contribution in [3.8, 4) is 0 Å². The first kappa shape index (κ1) is 11.8. The van der Waals surface area contributed by atoms with Gasteiger partial charge in [0.1, 0.15) is 0 Å². The van der Waals surface area contributed by atoms with Crippen LogP contribution in [0, 0.1) is 5.92 Å². The second-order valence-electron chi connectivity index (χ2n) is 3.98. The second kappa shape index (κ2) is 5.11. The summed E-state index contributed by atoms with van der Waals surface area (Å²) in [7, 11) is 1.84. The van der Waals surface area contributed by atoms with E-state index in [1.807, 2.05) is 37.4 Å². The Morgan fingerprint density at radius 3 is 2.75 bits per heavy atom. The Hall–Kier alpha value is -0.670. The number of benzene rings is 1. The second-order valence-corrected chi connectivity index (χ2v) is 5.51. The molecule has 1 fully saturated rings. The maximum atomic E-state index is 11.9. The van der Waals surface area contributed by atoms with Crippen molar-refractivity contribution in [3.63, 3.8) is 0 Å². The summed E-state index contributed by atoms with van der Waals surface area (Å²) in [6.07, 6.45) is 0. The van der Waals surface area contributed by atoms with Gasteiger partial charge in [-0.3, -0.25) is 4.79 Å². The van der Waals surface area contributed by atoms with E-state index in [9.17, 15) is 4.79 Å². The van der Waals surface area contributed by atoms with E-state index in [4.69, 9.17) is 11.6 Å². The summed E-state index contributed by atoms with van der Waals surface area (Å²) in [5.41, 5.74) is 0. The van der Waals surface area contributed by atoms with Crippen LogP contribution in [0.1, 0.15) is 0 Å². The Kier molecular flexibility index (Phi) is 3.77. The van der Waals surface area contributed by atoms with Crippen molar-refractivity contribution in [3.05, 3.63) is 30.3 Å². The molecule has 2 rings (SSSR count). The van der Waals surface area contributed by atoms with Gasteiger partial charge < -0.3 is 4.90 Å². The fourth-order valence-corrected chi connectivity index (χ4v) is 3.52.